The average Bonchev–Trinajstić information content (AvgIpc) is 2.46. The second-order valence-electron chi connectivity index (χ2n) is 5.53. The first kappa shape index (κ1) is 18.3. The molecule has 0 heterocycles. The number of benzene rings is 1. The lowest BCUT2D eigenvalue weighted by atomic mass is 10.1. The number of anilines is 1. The molecular weight excluding hydrogens is 300 g/mol. The highest BCUT2D eigenvalue weighted by Crippen LogP contribution is 2.13. The Kier molecular flexibility index (Phi) is 8.36. The van der Waals surface area contributed by atoms with Gasteiger partial charge in [0.05, 0.1) is 0 Å². The first-order chi connectivity index (χ1) is 10.5. The normalized spacial score (nSPS) is 11.5. The summed E-state index contributed by atoms with van der Waals surface area (Å²) in [5, 5.41) is 6.52. The fourth-order valence-electron chi connectivity index (χ4n) is 1.74. The predicted octanol–water partition coefficient (Wildman–Crippen LogP) is 3.01. The summed E-state index contributed by atoms with van der Waals surface area (Å²) >= 11 is 5.79. The molecule has 1 aromatic carbocycles. The first-order valence-electron chi connectivity index (χ1n) is 7.56. The minimum absolute atomic E-state index is 0.0381. The van der Waals surface area contributed by atoms with E-state index in [9.17, 15) is 4.79 Å². The summed E-state index contributed by atoms with van der Waals surface area (Å²) < 4.78 is 0. The van der Waals surface area contributed by atoms with Crippen LogP contribution in [0.15, 0.2) is 29.3 Å². The van der Waals surface area contributed by atoms with Gasteiger partial charge >= 0.3 is 0 Å². The third-order valence-electron chi connectivity index (χ3n) is 3.00. The summed E-state index contributed by atoms with van der Waals surface area (Å²) in [7, 11) is 0. The molecule has 0 saturated carbocycles. The number of hydrogen-bond donors (Lipinski definition) is 3. The molecule has 0 spiro atoms. The molecule has 0 aromatic heterocycles. The Hall–Kier alpha value is -1.75. The van der Waals surface area contributed by atoms with Crippen LogP contribution in [-0.4, -0.2) is 25.0 Å². The molecule has 0 aliphatic heterocycles. The standard InChI is InChI=1S/C16H25ClN4O/c1-12(2)9-11-20-16(18)19-10-3-4-15(22)21-14-7-5-13(17)6-8-14/h5-8,12H,3-4,9-11H2,1-2H3,(H,21,22)(H3,18,19,20). The molecule has 122 valence electrons. The Balaban J connectivity index is 2.17. The van der Waals surface area contributed by atoms with E-state index < -0.39 is 0 Å². The molecule has 0 aliphatic rings. The van der Waals surface area contributed by atoms with Crippen LogP contribution >= 0.6 is 11.6 Å². The fourth-order valence-corrected chi connectivity index (χ4v) is 1.87. The molecular formula is C16H25ClN4O. The number of carbonyl (C=O) groups is 1. The molecule has 0 fully saturated rings. The summed E-state index contributed by atoms with van der Waals surface area (Å²) in [6.45, 7) is 5.68. The Bertz CT molecular complexity index is 485. The summed E-state index contributed by atoms with van der Waals surface area (Å²) in [5.41, 5.74) is 6.48. The molecule has 0 radical (unpaired) electrons. The molecule has 0 saturated heterocycles. The maximum atomic E-state index is 11.7. The van der Waals surface area contributed by atoms with E-state index in [2.05, 4.69) is 29.5 Å². The lowest BCUT2D eigenvalue weighted by Crippen LogP contribution is -2.33. The minimum Gasteiger partial charge on any atom is -0.370 e. The van der Waals surface area contributed by atoms with Crippen LogP contribution in [-0.2, 0) is 4.79 Å². The predicted molar refractivity (Wildman–Crippen MR) is 93.3 cm³/mol. The maximum absolute atomic E-state index is 11.7. The van der Waals surface area contributed by atoms with Gasteiger partial charge in [0, 0.05) is 30.2 Å². The minimum atomic E-state index is -0.0381. The van der Waals surface area contributed by atoms with Crippen LogP contribution in [0.4, 0.5) is 5.69 Å². The van der Waals surface area contributed by atoms with Gasteiger partial charge in [0.15, 0.2) is 5.96 Å². The van der Waals surface area contributed by atoms with Crippen molar-refractivity contribution in [2.45, 2.75) is 33.1 Å². The molecule has 0 unspecified atom stereocenters. The Labute approximate surface area is 137 Å². The quantitative estimate of drug-likeness (QED) is 0.390. The average molecular weight is 325 g/mol. The van der Waals surface area contributed by atoms with Gasteiger partial charge in [-0.15, -0.1) is 0 Å². The van der Waals surface area contributed by atoms with E-state index in [0.717, 1.165) is 18.7 Å². The van der Waals surface area contributed by atoms with Crippen LogP contribution in [0.2, 0.25) is 5.02 Å². The number of aliphatic imine (C=N–C) groups is 1. The van der Waals surface area contributed by atoms with Crippen LogP contribution in [0.1, 0.15) is 33.1 Å². The Morgan fingerprint density at radius 3 is 2.64 bits per heavy atom. The number of halogens is 1. The lowest BCUT2D eigenvalue weighted by Gasteiger charge is -2.07. The van der Waals surface area contributed by atoms with Crippen LogP contribution in [0.5, 0.6) is 0 Å². The van der Waals surface area contributed by atoms with E-state index in [1.54, 1.807) is 24.3 Å². The molecule has 1 aromatic rings. The zero-order chi connectivity index (χ0) is 16.4. The van der Waals surface area contributed by atoms with Crippen molar-refractivity contribution in [3.63, 3.8) is 0 Å². The lowest BCUT2D eigenvalue weighted by molar-refractivity contribution is -0.116. The molecule has 0 aliphatic carbocycles. The zero-order valence-corrected chi connectivity index (χ0v) is 14.0. The van der Waals surface area contributed by atoms with E-state index >= 15 is 0 Å². The molecule has 1 rings (SSSR count). The van der Waals surface area contributed by atoms with Crippen molar-refractivity contribution in [1.82, 2.24) is 5.32 Å². The van der Waals surface area contributed by atoms with Gasteiger partial charge in [-0.05, 0) is 43.0 Å². The van der Waals surface area contributed by atoms with Crippen molar-refractivity contribution in [2.24, 2.45) is 16.6 Å². The highest BCUT2D eigenvalue weighted by atomic mass is 35.5. The molecule has 1 amide bonds. The van der Waals surface area contributed by atoms with Crippen molar-refractivity contribution >= 4 is 29.2 Å². The van der Waals surface area contributed by atoms with E-state index in [1.807, 2.05) is 0 Å². The first-order valence-corrected chi connectivity index (χ1v) is 7.94. The molecule has 0 bridgehead atoms. The van der Waals surface area contributed by atoms with Gasteiger partial charge in [0.1, 0.15) is 0 Å². The highest BCUT2D eigenvalue weighted by Gasteiger charge is 2.02. The number of rotatable bonds is 8. The number of nitrogens with two attached hydrogens (primary N) is 1. The number of nitrogens with zero attached hydrogens (tertiary/aromatic N) is 1. The van der Waals surface area contributed by atoms with Crippen LogP contribution in [0, 0.1) is 5.92 Å². The van der Waals surface area contributed by atoms with Gasteiger partial charge in [-0.2, -0.15) is 0 Å². The van der Waals surface area contributed by atoms with Crippen LogP contribution in [0.3, 0.4) is 0 Å². The smallest absolute Gasteiger partial charge is 0.224 e. The topological polar surface area (TPSA) is 79.5 Å². The SMILES string of the molecule is CC(C)CCNC(N)=NCCCC(=O)Nc1ccc(Cl)cc1. The van der Waals surface area contributed by atoms with Crippen molar-refractivity contribution in [2.75, 3.05) is 18.4 Å². The van der Waals surface area contributed by atoms with Crippen LogP contribution in [0.25, 0.3) is 0 Å². The van der Waals surface area contributed by atoms with Crippen molar-refractivity contribution < 1.29 is 4.79 Å². The van der Waals surface area contributed by atoms with Gasteiger partial charge in [0.2, 0.25) is 5.91 Å². The number of amides is 1. The number of nitrogens with one attached hydrogen (secondary N) is 2. The van der Waals surface area contributed by atoms with Crippen molar-refractivity contribution in [3.05, 3.63) is 29.3 Å². The third kappa shape index (κ3) is 8.52. The summed E-state index contributed by atoms with van der Waals surface area (Å²) in [4.78, 5) is 15.9. The molecule has 5 nitrogen and oxygen atoms in total. The maximum Gasteiger partial charge on any atom is 0.224 e. The van der Waals surface area contributed by atoms with Gasteiger partial charge in [-0.3, -0.25) is 9.79 Å². The summed E-state index contributed by atoms with van der Waals surface area (Å²) in [5.74, 6) is 1.04. The van der Waals surface area contributed by atoms with Gasteiger partial charge in [-0.1, -0.05) is 25.4 Å². The molecule has 6 heteroatoms. The highest BCUT2D eigenvalue weighted by molar-refractivity contribution is 6.30. The molecule has 0 atom stereocenters. The number of hydrogen-bond acceptors (Lipinski definition) is 2. The van der Waals surface area contributed by atoms with E-state index in [-0.39, 0.29) is 5.91 Å². The molecule has 22 heavy (non-hydrogen) atoms. The Morgan fingerprint density at radius 1 is 1.32 bits per heavy atom. The second kappa shape index (κ2) is 10.1. The van der Waals surface area contributed by atoms with Crippen molar-refractivity contribution in [3.8, 4) is 0 Å². The Morgan fingerprint density at radius 2 is 2.00 bits per heavy atom. The number of carbonyl (C=O) groups excluding carboxylic acids is 1. The van der Waals surface area contributed by atoms with Gasteiger partial charge < -0.3 is 16.4 Å². The molecule has 4 N–H and O–H groups in total. The van der Waals surface area contributed by atoms with E-state index in [4.69, 9.17) is 17.3 Å². The van der Waals surface area contributed by atoms with Gasteiger partial charge in [-0.25, -0.2) is 0 Å². The summed E-state index contributed by atoms with van der Waals surface area (Å²) in [6, 6.07) is 7.03. The van der Waals surface area contributed by atoms with E-state index in [0.29, 0.717) is 36.3 Å². The second-order valence-corrected chi connectivity index (χ2v) is 5.97. The monoisotopic (exact) mass is 324 g/mol. The summed E-state index contributed by atoms with van der Waals surface area (Å²) in [6.07, 6.45) is 2.12. The third-order valence-corrected chi connectivity index (χ3v) is 3.25. The number of guanidine groups is 1. The van der Waals surface area contributed by atoms with E-state index in [1.165, 1.54) is 0 Å². The van der Waals surface area contributed by atoms with Crippen molar-refractivity contribution in [1.29, 1.82) is 0 Å². The van der Waals surface area contributed by atoms with Gasteiger partial charge in [0.25, 0.3) is 0 Å². The fraction of sp³-hybridized carbons (Fsp3) is 0.500. The zero-order valence-electron chi connectivity index (χ0n) is 13.2. The largest absolute Gasteiger partial charge is 0.370 e. The van der Waals surface area contributed by atoms with Crippen LogP contribution < -0.4 is 16.4 Å².